The van der Waals surface area contributed by atoms with Crippen molar-refractivity contribution in [1.29, 1.82) is 0 Å². The summed E-state index contributed by atoms with van der Waals surface area (Å²) in [6.45, 7) is 4.46. The Kier molecular flexibility index (Phi) is 3.89. The number of hydrogen-bond acceptors (Lipinski definition) is 4. The maximum atomic E-state index is 5.58. The highest BCUT2D eigenvalue weighted by Gasteiger charge is 2.02. The quantitative estimate of drug-likeness (QED) is 0.895. The van der Waals surface area contributed by atoms with Crippen molar-refractivity contribution in [2.45, 2.75) is 26.5 Å². The highest BCUT2D eigenvalue weighted by atomic mass is 16.5. The number of aromatic nitrogens is 2. The second-order valence-corrected chi connectivity index (χ2v) is 4.31. The largest absolute Gasteiger partial charge is 0.491 e. The summed E-state index contributed by atoms with van der Waals surface area (Å²) in [6.07, 6.45) is 3.68. The van der Waals surface area contributed by atoms with Crippen LogP contribution < -0.4 is 10.5 Å². The van der Waals surface area contributed by atoms with Gasteiger partial charge in [-0.25, -0.2) is 9.97 Å². The van der Waals surface area contributed by atoms with Gasteiger partial charge in [-0.3, -0.25) is 0 Å². The molecule has 2 aromatic rings. The van der Waals surface area contributed by atoms with Gasteiger partial charge in [0.1, 0.15) is 5.75 Å². The first-order valence-electron chi connectivity index (χ1n) is 5.97. The molecule has 4 nitrogen and oxygen atoms in total. The summed E-state index contributed by atoms with van der Waals surface area (Å²) >= 11 is 0. The highest BCUT2D eigenvalue weighted by Crippen LogP contribution is 2.19. The fraction of sp³-hybridized carbons (Fsp3) is 0.286. The molecule has 1 heterocycles. The van der Waals surface area contributed by atoms with E-state index in [9.17, 15) is 0 Å². The van der Waals surface area contributed by atoms with Gasteiger partial charge in [0.25, 0.3) is 0 Å². The Balaban J connectivity index is 2.17. The van der Waals surface area contributed by atoms with E-state index < -0.39 is 0 Å². The molecule has 1 aromatic heterocycles. The molecule has 0 saturated carbocycles. The number of hydrogen-bond donors (Lipinski definition) is 1. The Bertz CT molecular complexity index is 491. The van der Waals surface area contributed by atoms with Gasteiger partial charge in [-0.05, 0) is 38.1 Å². The van der Waals surface area contributed by atoms with Gasteiger partial charge in [0.15, 0.2) is 5.82 Å². The molecule has 0 aliphatic carbocycles. The number of nitrogens with two attached hydrogens (primary N) is 1. The minimum atomic E-state index is 0.177. The molecule has 0 unspecified atom stereocenters. The molecule has 0 spiro atoms. The minimum Gasteiger partial charge on any atom is -0.491 e. The summed E-state index contributed by atoms with van der Waals surface area (Å²) in [5, 5.41) is 0. The van der Waals surface area contributed by atoms with E-state index in [1.165, 1.54) is 0 Å². The lowest BCUT2D eigenvalue weighted by molar-refractivity contribution is 0.242. The van der Waals surface area contributed by atoms with E-state index in [0.29, 0.717) is 12.4 Å². The molecule has 0 radical (unpaired) electrons. The maximum Gasteiger partial charge on any atom is 0.159 e. The zero-order valence-corrected chi connectivity index (χ0v) is 10.6. The number of rotatable bonds is 4. The van der Waals surface area contributed by atoms with E-state index in [1.807, 2.05) is 38.1 Å². The van der Waals surface area contributed by atoms with Crippen LogP contribution in [0.4, 0.5) is 0 Å². The summed E-state index contributed by atoms with van der Waals surface area (Å²) in [4.78, 5) is 8.56. The summed E-state index contributed by atoms with van der Waals surface area (Å²) in [7, 11) is 0. The summed E-state index contributed by atoms with van der Waals surface area (Å²) in [6, 6.07) is 7.76. The van der Waals surface area contributed by atoms with E-state index in [2.05, 4.69) is 9.97 Å². The normalized spacial score (nSPS) is 10.7. The molecule has 2 N–H and O–H groups in total. The van der Waals surface area contributed by atoms with Crippen molar-refractivity contribution in [2.75, 3.05) is 0 Å². The second kappa shape index (κ2) is 5.60. The molecule has 0 aliphatic heterocycles. The lowest BCUT2D eigenvalue weighted by atomic mass is 10.2. The van der Waals surface area contributed by atoms with Crippen LogP contribution in [0.25, 0.3) is 11.4 Å². The van der Waals surface area contributed by atoms with Crippen LogP contribution >= 0.6 is 0 Å². The topological polar surface area (TPSA) is 61.0 Å². The molecule has 1 aromatic carbocycles. The van der Waals surface area contributed by atoms with Gasteiger partial charge in [0, 0.05) is 30.1 Å². The Labute approximate surface area is 107 Å². The van der Waals surface area contributed by atoms with Gasteiger partial charge in [-0.15, -0.1) is 0 Å². The van der Waals surface area contributed by atoms with Gasteiger partial charge in [-0.1, -0.05) is 0 Å². The molecular formula is C14H17N3O. The molecule has 0 saturated heterocycles. The average molecular weight is 243 g/mol. The first-order chi connectivity index (χ1) is 8.69. The number of benzene rings is 1. The van der Waals surface area contributed by atoms with Gasteiger partial charge >= 0.3 is 0 Å². The highest BCUT2D eigenvalue weighted by molar-refractivity contribution is 5.55. The third kappa shape index (κ3) is 3.05. The molecule has 94 valence electrons. The first kappa shape index (κ1) is 12.5. The number of ether oxygens (including phenoxy) is 1. The fourth-order valence-electron chi connectivity index (χ4n) is 1.56. The molecule has 0 atom stereocenters. The summed E-state index contributed by atoms with van der Waals surface area (Å²) in [5.41, 5.74) is 7.40. The Morgan fingerprint density at radius 3 is 2.22 bits per heavy atom. The van der Waals surface area contributed by atoms with Crippen molar-refractivity contribution < 1.29 is 4.74 Å². The van der Waals surface area contributed by atoms with E-state index in [0.717, 1.165) is 16.9 Å². The summed E-state index contributed by atoms with van der Waals surface area (Å²) in [5.74, 6) is 1.55. The molecule has 0 bridgehead atoms. The van der Waals surface area contributed by atoms with E-state index in [-0.39, 0.29) is 6.10 Å². The van der Waals surface area contributed by atoms with Gasteiger partial charge < -0.3 is 10.5 Å². The third-order valence-corrected chi connectivity index (χ3v) is 2.43. The molecule has 0 fully saturated rings. The van der Waals surface area contributed by atoms with Crippen molar-refractivity contribution in [3.63, 3.8) is 0 Å². The van der Waals surface area contributed by atoms with Gasteiger partial charge in [0.2, 0.25) is 0 Å². The van der Waals surface area contributed by atoms with Gasteiger partial charge in [0.05, 0.1) is 6.10 Å². The van der Waals surface area contributed by atoms with Crippen LogP contribution in [0.3, 0.4) is 0 Å². The van der Waals surface area contributed by atoms with E-state index in [1.54, 1.807) is 12.4 Å². The zero-order chi connectivity index (χ0) is 13.0. The summed E-state index contributed by atoms with van der Waals surface area (Å²) < 4.78 is 5.58. The maximum absolute atomic E-state index is 5.58. The van der Waals surface area contributed by atoms with Crippen molar-refractivity contribution in [3.05, 3.63) is 42.2 Å². The van der Waals surface area contributed by atoms with Crippen molar-refractivity contribution in [1.82, 2.24) is 9.97 Å². The molecule has 4 heteroatoms. The lowest BCUT2D eigenvalue weighted by Crippen LogP contribution is -2.05. The van der Waals surface area contributed by atoms with Crippen LogP contribution in [0, 0.1) is 0 Å². The molecule has 18 heavy (non-hydrogen) atoms. The zero-order valence-electron chi connectivity index (χ0n) is 10.6. The fourth-order valence-corrected chi connectivity index (χ4v) is 1.56. The van der Waals surface area contributed by atoms with Crippen LogP contribution in [-0.4, -0.2) is 16.1 Å². The van der Waals surface area contributed by atoms with Crippen molar-refractivity contribution in [2.24, 2.45) is 5.73 Å². The first-order valence-corrected chi connectivity index (χ1v) is 5.97. The minimum absolute atomic E-state index is 0.177. The Morgan fingerprint density at radius 2 is 1.72 bits per heavy atom. The lowest BCUT2D eigenvalue weighted by Gasteiger charge is -2.09. The monoisotopic (exact) mass is 243 g/mol. The second-order valence-electron chi connectivity index (χ2n) is 4.31. The van der Waals surface area contributed by atoms with E-state index in [4.69, 9.17) is 10.5 Å². The molecular weight excluding hydrogens is 226 g/mol. The molecule has 0 amide bonds. The van der Waals surface area contributed by atoms with Crippen LogP contribution in [0.2, 0.25) is 0 Å². The molecule has 0 aliphatic rings. The van der Waals surface area contributed by atoms with Gasteiger partial charge in [-0.2, -0.15) is 0 Å². The average Bonchev–Trinajstić information content (AvgIpc) is 2.39. The Morgan fingerprint density at radius 1 is 1.11 bits per heavy atom. The third-order valence-electron chi connectivity index (χ3n) is 2.43. The van der Waals surface area contributed by atoms with Crippen molar-refractivity contribution >= 4 is 0 Å². The van der Waals surface area contributed by atoms with E-state index >= 15 is 0 Å². The van der Waals surface area contributed by atoms with Crippen LogP contribution in [-0.2, 0) is 6.54 Å². The smallest absolute Gasteiger partial charge is 0.159 e. The molecule has 2 rings (SSSR count). The predicted molar refractivity (Wildman–Crippen MR) is 71.1 cm³/mol. The van der Waals surface area contributed by atoms with Crippen LogP contribution in [0.5, 0.6) is 5.75 Å². The number of nitrogens with zero attached hydrogens (tertiary/aromatic N) is 2. The van der Waals surface area contributed by atoms with Crippen LogP contribution in [0.1, 0.15) is 19.4 Å². The predicted octanol–water partition coefficient (Wildman–Crippen LogP) is 2.39. The van der Waals surface area contributed by atoms with Crippen LogP contribution in [0.15, 0.2) is 36.7 Å². The SMILES string of the molecule is CC(C)Oc1ccc(-c2ncc(CN)cn2)cc1. The standard InChI is InChI=1S/C14H17N3O/c1-10(2)18-13-5-3-12(4-6-13)14-16-8-11(7-15)9-17-14/h3-6,8-10H,7,15H2,1-2H3. The van der Waals surface area contributed by atoms with Crippen molar-refractivity contribution in [3.8, 4) is 17.1 Å². The Hall–Kier alpha value is -1.94.